The fourth-order valence-electron chi connectivity index (χ4n) is 14.3. The summed E-state index contributed by atoms with van der Waals surface area (Å²) in [6.45, 7) is 2.66. The number of ether oxygens (including phenoxy) is 8. The predicted octanol–water partition coefficient (Wildman–Crippen LogP) is 12.7. The van der Waals surface area contributed by atoms with Gasteiger partial charge in [0.05, 0.1) is 64.0 Å². The standard InChI is InChI=1S/C71H45N7O8/c1-40-35-42(78-46-17-9-19-48-64(46)69-66-51(80-48)22-11-23-52(66)83-61-30-14-31-62-76(61)71(77(40)78)67-53(24-12-25-54(67)84-62)81-58-27-4-7-34-74(58)69)36-41-37-55-44(39-72-32-5-3-26-57(72)85-55)56(38-41)86-60-29-13-28-59-75(60)70-68-63-43(45-16-2-6-33-73(45)70)15-8-18-47(63)79-49-20-10-21-50(82-59)65(49)68/h2-35,37-38,69,71H,36,39H2,1H3/q+6. The van der Waals surface area contributed by atoms with Crippen LogP contribution in [-0.4, -0.2) is 4.68 Å². The van der Waals surface area contributed by atoms with E-state index in [0.717, 1.165) is 95.5 Å². The van der Waals surface area contributed by atoms with Crippen LogP contribution >= 0.6 is 0 Å². The molecule has 2 unspecified atom stereocenters. The molecule has 0 amide bonds. The molecule has 0 saturated heterocycles. The van der Waals surface area contributed by atoms with Gasteiger partial charge < -0.3 is 37.9 Å². The lowest BCUT2D eigenvalue weighted by molar-refractivity contribution is -0.969. The molecule has 20 rings (SSSR count). The van der Waals surface area contributed by atoms with Crippen LogP contribution in [0.25, 0.3) is 38.9 Å². The minimum absolute atomic E-state index is 0.430. The van der Waals surface area contributed by atoms with E-state index in [0.29, 0.717) is 88.4 Å². The molecule has 7 aliphatic rings. The van der Waals surface area contributed by atoms with Gasteiger partial charge in [0.1, 0.15) is 68.4 Å². The molecule has 14 heterocycles. The van der Waals surface area contributed by atoms with E-state index in [9.17, 15) is 0 Å². The Hall–Kier alpha value is -11.6. The molecule has 0 aliphatic carbocycles. The molecule has 15 heteroatoms. The lowest BCUT2D eigenvalue weighted by atomic mass is 9.91. The van der Waals surface area contributed by atoms with Gasteiger partial charge in [-0.3, -0.25) is 0 Å². The largest absolute Gasteiger partial charge is 0.470 e. The van der Waals surface area contributed by atoms with Crippen LogP contribution in [-0.2, 0) is 13.0 Å². The van der Waals surface area contributed by atoms with Crippen LogP contribution in [0.15, 0.2) is 219 Å². The first kappa shape index (κ1) is 46.0. The van der Waals surface area contributed by atoms with Gasteiger partial charge in [0.2, 0.25) is 17.3 Å². The quantitative estimate of drug-likeness (QED) is 0.127. The Kier molecular flexibility index (Phi) is 8.98. The third kappa shape index (κ3) is 6.23. The molecule has 406 valence electrons. The van der Waals surface area contributed by atoms with Crippen LogP contribution in [0.2, 0.25) is 0 Å². The van der Waals surface area contributed by atoms with Crippen LogP contribution in [0, 0.1) is 6.92 Å². The Morgan fingerprint density at radius 2 is 1.12 bits per heavy atom. The topological polar surface area (TPSA) is 102 Å². The van der Waals surface area contributed by atoms with Crippen LogP contribution < -0.4 is 65.2 Å². The zero-order chi connectivity index (χ0) is 56.0. The first-order valence-corrected chi connectivity index (χ1v) is 28.7. The number of aryl methyl sites for hydroxylation is 1. The van der Waals surface area contributed by atoms with E-state index < -0.39 is 12.2 Å². The summed E-state index contributed by atoms with van der Waals surface area (Å²) in [6, 6.07) is 67.1. The normalized spacial score (nSPS) is 15.5. The zero-order valence-corrected chi connectivity index (χ0v) is 45.8. The number of nitrogens with zero attached hydrogens (tertiary/aromatic N) is 7. The van der Waals surface area contributed by atoms with Crippen molar-refractivity contribution in [2.45, 2.75) is 32.1 Å². The van der Waals surface area contributed by atoms with E-state index in [4.69, 9.17) is 37.9 Å². The van der Waals surface area contributed by atoms with Gasteiger partial charge in [-0.15, -0.1) is 9.08 Å². The monoisotopic (exact) mass is 1120 g/mol. The first-order valence-electron chi connectivity index (χ1n) is 28.7. The van der Waals surface area contributed by atoms with Crippen molar-refractivity contribution in [1.82, 2.24) is 4.68 Å². The van der Waals surface area contributed by atoms with E-state index in [2.05, 4.69) is 118 Å². The summed E-state index contributed by atoms with van der Waals surface area (Å²) in [5.41, 5.74) is 10.2. The van der Waals surface area contributed by atoms with Crippen molar-refractivity contribution >= 4 is 16.3 Å². The lowest BCUT2D eigenvalue weighted by Gasteiger charge is -2.28. The molecule has 4 bridgehead atoms. The summed E-state index contributed by atoms with van der Waals surface area (Å²) in [5, 5.41) is 2.06. The summed E-state index contributed by atoms with van der Waals surface area (Å²) >= 11 is 0. The smallest absolute Gasteiger partial charge is 0.456 e. The second-order valence-corrected chi connectivity index (χ2v) is 22.5. The van der Waals surface area contributed by atoms with Gasteiger partial charge in [0.25, 0.3) is 0 Å². The predicted molar refractivity (Wildman–Crippen MR) is 307 cm³/mol. The van der Waals surface area contributed by atoms with Crippen molar-refractivity contribution in [3.8, 4) is 115 Å². The zero-order valence-electron chi connectivity index (χ0n) is 45.8. The summed E-state index contributed by atoms with van der Waals surface area (Å²) in [4.78, 5) is 0. The first-order chi connectivity index (χ1) is 42.5. The van der Waals surface area contributed by atoms with Crippen molar-refractivity contribution < 1.29 is 65.2 Å². The van der Waals surface area contributed by atoms with Crippen molar-refractivity contribution in [2.24, 2.45) is 0 Å². The second kappa shape index (κ2) is 16.8. The van der Waals surface area contributed by atoms with Gasteiger partial charge >= 0.3 is 47.3 Å². The molecule has 0 saturated carbocycles. The Balaban J connectivity index is 0.832. The van der Waals surface area contributed by atoms with Gasteiger partial charge in [-0.2, -0.15) is 9.13 Å². The second-order valence-electron chi connectivity index (χ2n) is 22.5. The maximum Gasteiger partial charge on any atom is 0.470 e. The highest BCUT2D eigenvalue weighted by Gasteiger charge is 2.54. The minimum atomic E-state index is -0.613. The van der Waals surface area contributed by atoms with Crippen molar-refractivity contribution in [3.63, 3.8) is 0 Å². The molecular weight excluding hydrogens is 1080 g/mol. The van der Waals surface area contributed by atoms with E-state index in [-0.39, 0.29) is 0 Å². The molecule has 0 N–H and O–H groups in total. The lowest BCUT2D eigenvalue weighted by Crippen LogP contribution is -2.64. The number of benzene rings is 6. The highest BCUT2D eigenvalue weighted by Crippen LogP contribution is 2.55. The third-order valence-electron chi connectivity index (χ3n) is 17.7. The molecule has 0 spiro atoms. The number of fused-ring (bicyclic) bond motifs is 8. The van der Waals surface area contributed by atoms with E-state index >= 15 is 0 Å². The summed E-state index contributed by atoms with van der Waals surface area (Å²) in [5.74, 6) is 11.3. The molecule has 86 heavy (non-hydrogen) atoms. The summed E-state index contributed by atoms with van der Waals surface area (Å²) < 4.78 is 72.3. The van der Waals surface area contributed by atoms with Crippen LogP contribution in [0.3, 0.4) is 0 Å². The number of pyridine rings is 6. The maximum absolute atomic E-state index is 7.58. The van der Waals surface area contributed by atoms with Gasteiger partial charge in [-0.25, -0.2) is 0 Å². The van der Waals surface area contributed by atoms with Gasteiger partial charge in [-0.05, 0) is 118 Å². The highest BCUT2D eigenvalue weighted by molar-refractivity contribution is 6.11. The average Bonchev–Trinajstić information content (AvgIpc) is 2.24. The number of hydrogen-bond acceptors (Lipinski definition) is 8. The van der Waals surface area contributed by atoms with Crippen LogP contribution in [0.5, 0.6) is 92.8 Å². The Morgan fingerprint density at radius 1 is 0.500 bits per heavy atom. The molecule has 6 aromatic carbocycles. The van der Waals surface area contributed by atoms with E-state index in [1.54, 1.807) is 0 Å². The fourth-order valence-corrected chi connectivity index (χ4v) is 14.3. The third-order valence-corrected chi connectivity index (χ3v) is 17.7. The van der Waals surface area contributed by atoms with Crippen molar-refractivity contribution in [2.75, 3.05) is 0 Å². The SMILES string of the molecule is Cc1cc(Cc2cc3c(c(Oc4cccc5[n+]4-c4c6c7c(cccc7c7cccc[n+]47)Oc4cccc(c4-6)O5)c2)C[n+]2ccccc2O3)n2[n+]1C1c3c4cccc3Oc3cccc([n+]31)Oc1cccc3c1C(c1c(cccc1-2)O3)[n+]1ccccc1O4. The van der Waals surface area contributed by atoms with Gasteiger partial charge in [0.15, 0.2) is 42.2 Å². The maximum atomic E-state index is 7.58. The number of hydrogen-bond donors (Lipinski definition) is 0. The van der Waals surface area contributed by atoms with Crippen LogP contribution in [0.4, 0.5) is 0 Å². The molecule has 0 fully saturated rings. The Bertz CT molecular complexity index is 5270. The molecule has 0 radical (unpaired) electrons. The van der Waals surface area contributed by atoms with Crippen molar-refractivity contribution in [3.05, 3.63) is 258 Å². The molecular formula is C71H45N7O8+6. The Labute approximate surface area is 489 Å². The summed E-state index contributed by atoms with van der Waals surface area (Å²) in [6.07, 6.45) is 6.05. The molecule has 2 atom stereocenters. The van der Waals surface area contributed by atoms with E-state index in [1.807, 2.05) is 140 Å². The molecule has 13 aromatic rings. The molecule has 7 aliphatic heterocycles. The van der Waals surface area contributed by atoms with Crippen LogP contribution in [0.1, 0.15) is 51.4 Å². The fraction of sp³-hybridized carbons (Fsp3) is 0.0704. The number of aromatic nitrogens is 7. The minimum Gasteiger partial charge on any atom is -0.456 e. The Morgan fingerprint density at radius 3 is 1.97 bits per heavy atom. The number of rotatable bonds is 4. The van der Waals surface area contributed by atoms with Gasteiger partial charge in [-0.1, -0.05) is 34.9 Å². The highest BCUT2D eigenvalue weighted by atomic mass is 16.5. The molecule has 15 nitrogen and oxygen atoms in total. The molecule has 7 aromatic heterocycles. The summed E-state index contributed by atoms with van der Waals surface area (Å²) in [7, 11) is 0. The van der Waals surface area contributed by atoms with Gasteiger partial charge in [0, 0.05) is 43.7 Å². The van der Waals surface area contributed by atoms with Crippen molar-refractivity contribution in [1.29, 1.82) is 0 Å². The van der Waals surface area contributed by atoms with E-state index in [1.165, 1.54) is 0 Å². The average molecular weight is 1120 g/mol.